The number of aromatic amines is 1. The van der Waals surface area contributed by atoms with E-state index >= 15 is 0 Å². The zero-order valence-corrected chi connectivity index (χ0v) is 22.6. The maximum absolute atomic E-state index is 11.9. The summed E-state index contributed by atoms with van der Waals surface area (Å²) in [7, 11) is 0. The van der Waals surface area contributed by atoms with Crippen LogP contribution in [0.1, 0.15) is 25.7 Å². The van der Waals surface area contributed by atoms with Crippen LogP contribution in [-0.4, -0.2) is 95.7 Å². The number of nitrogens with one attached hydrogen (secondary N) is 2. The third-order valence-electron chi connectivity index (χ3n) is 8.62. The summed E-state index contributed by atoms with van der Waals surface area (Å²) in [5.74, 6) is 1.73. The lowest BCUT2D eigenvalue weighted by Gasteiger charge is -2.41. The maximum Gasteiger partial charge on any atom is 0.245 e. The summed E-state index contributed by atoms with van der Waals surface area (Å²) in [5, 5.41) is 4.72. The molecule has 2 N–H and O–H groups in total. The predicted molar refractivity (Wildman–Crippen MR) is 155 cm³/mol. The number of hydrogen-bond donors (Lipinski definition) is 2. The van der Waals surface area contributed by atoms with Crippen molar-refractivity contribution < 1.29 is 9.53 Å². The van der Waals surface area contributed by atoms with Crippen LogP contribution in [0.15, 0.2) is 49.3 Å². The lowest BCUT2D eigenvalue weighted by atomic mass is 9.93. The fraction of sp³-hybridized carbons (Fsp3) is 0.500. The molecule has 0 aliphatic carbocycles. The van der Waals surface area contributed by atoms with Crippen LogP contribution < -0.4 is 10.2 Å². The van der Waals surface area contributed by atoms with Crippen molar-refractivity contribution in [3.8, 4) is 11.3 Å². The average Bonchev–Trinajstić information content (AvgIpc) is 3.45. The number of hydrogen-bond acceptors (Lipinski definition) is 7. The molecule has 3 aromatic rings. The molecule has 3 saturated heterocycles. The lowest BCUT2D eigenvalue weighted by Crippen LogP contribution is -2.49. The van der Waals surface area contributed by atoms with Gasteiger partial charge in [0.05, 0.1) is 18.6 Å². The number of aromatic nitrogens is 3. The molecule has 9 nitrogen and oxygen atoms in total. The van der Waals surface area contributed by atoms with E-state index in [0.29, 0.717) is 12.0 Å². The molecule has 9 heteroatoms. The normalized spacial score (nSPS) is 19.9. The highest BCUT2D eigenvalue weighted by atomic mass is 16.5. The van der Waals surface area contributed by atoms with Gasteiger partial charge in [-0.15, -0.1) is 0 Å². The molecule has 3 aliphatic rings. The molecule has 0 radical (unpaired) electrons. The van der Waals surface area contributed by atoms with Gasteiger partial charge in [-0.05, 0) is 74.5 Å². The Morgan fingerprint density at radius 3 is 2.49 bits per heavy atom. The zero-order valence-electron chi connectivity index (χ0n) is 22.6. The summed E-state index contributed by atoms with van der Waals surface area (Å²) in [6.45, 7) is 11.8. The molecule has 1 amide bonds. The van der Waals surface area contributed by atoms with Crippen molar-refractivity contribution in [1.82, 2.24) is 24.8 Å². The van der Waals surface area contributed by atoms with E-state index in [9.17, 15) is 4.79 Å². The Morgan fingerprint density at radius 1 is 1.03 bits per heavy atom. The van der Waals surface area contributed by atoms with Gasteiger partial charge >= 0.3 is 0 Å². The van der Waals surface area contributed by atoms with Crippen LogP contribution in [0.4, 0.5) is 11.5 Å². The van der Waals surface area contributed by atoms with Crippen LogP contribution in [0.2, 0.25) is 0 Å². The van der Waals surface area contributed by atoms with Crippen molar-refractivity contribution in [1.29, 1.82) is 0 Å². The number of benzene rings is 1. The van der Waals surface area contributed by atoms with Crippen LogP contribution in [0, 0.1) is 5.92 Å². The number of rotatable bonds is 7. The molecule has 0 atom stereocenters. The van der Waals surface area contributed by atoms with Gasteiger partial charge in [-0.25, -0.2) is 9.97 Å². The zero-order chi connectivity index (χ0) is 26.6. The van der Waals surface area contributed by atoms with Crippen molar-refractivity contribution in [2.24, 2.45) is 5.92 Å². The molecule has 0 unspecified atom stereocenters. The molecule has 0 saturated carbocycles. The van der Waals surface area contributed by atoms with E-state index in [0.717, 1.165) is 106 Å². The number of nitrogens with zero attached hydrogens (tertiary/aromatic N) is 5. The number of carbonyl (C=O) groups is 1. The summed E-state index contributed by atoms with van der Waals surface area (Å²) < 4.78 is 5.51. The standard InChI is InChI=1S/C30H39N7O2/c1-2-28(38)36-13-9-25(10-14-36)35-11-7-22(8-12-35)20-31-24-5-3-23(4-6-24)27-19-26-29(34-27)32-21-33-30(26)37-15-17-39-18-16-37/h2-6,19,21-22,25,31H,1,7-18,20H2,(H,32,33,34). The van der Waals surface area contributed by atoms with Crippen molar-refractivity contribution in [3.05, 3.63) is 49.3 Å². The van der Waals surface area contributed by atoms with Crippen LogP contribution in [0.3, 0.4) is 0 Å². The van der Waals surface area contributed by atoms with Gasteiger partial charge < -0.3 is 29.7 Å². The third-order valence-corrected chi connectivity index (χ3v) is 8.62. The van der Waals surface area contributed by atoms with Gasteiger partial charge in [0.1, 0.15) is 17.8 Å². The van der Waals surface area contributed by atoms with Gasteiger partial charge in [0.2, 0.25) is 5.91 Å². The average molecular weight is 530 g/mol. The Hall–Kier alpha value is -3.43. The highest BCUT2D eigenvalue weighted by molar-refractivity contribution is 5.92. The topological polar surface area (TPSA) is 89.6 Å². The number of H-pyrrole nitrogens is 1. The molecule has 2 aromatic heterocycles. The molecule has 3 aliphatic heterocycles. The maximum atomic E-state index is 11.9. The molecular formula is C30H39N7O2. The van der Waals surface area contributed by atoms with E-state index in [1.165, 1.54) is 18.9 Å². The predicted octanol–water partition coefficient (Wildman–Crippen LogP) is 3.76. The highest BCUT2D eigenvalue weighted by Gasteiger charge is 2.29. The molecule has 0 bridgehead atoms. The minimum Gasteiger partial charge on any atom is -0.385 e. The minimum atomic E-state index is 0.0693. The second-order valence-corrected chi connectivity index (χ2v) is 10.9. The van der Waals surface area contributed by atoms with Crippen LogP contribution in [0.5, 0.6) is 0 Å². The number of likely N-dealkylation sites (tertiary alicyclic amines) is 2. The number of morpholine rings is 1. The van der Waals surface area contributed by atoms with E-state index in [-0.39, 0.29) is 5.91 Å². The fourth-order valence-electron chi connectivity index (χ4n) is 6.24. The summed E-state index contributed by atoms with van der Waals surface area (Å²) in [6, 6.07) is 11.5. The van der Waals surface area contributed by atoms with E-state index < -0.39 is 0 Å². The number of anilines is 2. The van der Waals surface area contributed by atoms with Gasteiger partial charge in [-0.1, -0.05) is 18.7 Å². The second-order valence-electron chi connectivity index (χ2n) is 10.9. The Labute approximate surface area is 230 Å². The highest BCUT2D eigenvalue weighted by Crippen LogP contribution is 2.30. The Kier molecular flexibility index (Phi) is 7.78. The SMILES string of the molecule is C=CC(=O)N1CCC(N2CCC(CNc3ccc(-c4cc5c(N6CCOCC6)ncnc5[nH]4)cc3)CC2)CC1. The van der Waals surface area contributed by atoms with Gasteiger partial charge in [0.15, 0.2) is 0 Å². The van der Waals surface area contributed by atoms with Gasteiger partial charge in [0, 0.05) is 50.1 Å². The van der Waals surface area contributed by atoms with Gasteiger partial charge in [-0.3, -0.25) is 4.79 Å². The van der Waals surface area contributed by atoms with E-state index in [2.05, 4.69) is 67.0 Å². The van der Waals surface area contributed by atoms with E-state index in [1.807, 2.05) is 4.90 Å². The third kappa shape index (κ3) is 5.79. The lowest BCUT2D eigenvalue weighted by molar-refractivity contribution is -0.127. The molecule has 206 valence electrons. The first-order valence-electron chi connectivity index (χ1n) is 14.3. The molecule has 0 spiro atoms. The smallest absolute Gasteiger partial charge is 0.245 e. The van der Waals surface area contributed by atoms with E-state index in [4.69, 9.17) is 4.74 Å². The first kappa shape index (κ1) is 25.8. The molecule has 3 fully saturated rings. The van der Waals surface area contributed by atoms with Crippen LogP contribution in [-0.2, 0) is 9.53 Å². The number of piperidine rings is 2. The Morgan fingerprint density at radius 2 is 1.77 bits per heavy atom. The van der Waals surface area contributed by atoms with Crippen LogP contribution >= 0.6 is 0 Å². The second kappa shape index (κ2) is 11.8. The molecule has 39 heavy (non-hydrogen) atoms. The quantitative estimate of drug-likeness (QED) is 0.451. The first-order chi connectivity index (χ1) is 19.2. The summed E-state index contributed by atoms with van der Waals surface area (Å²) >= 11 is 0. The Balaban J connectivity index is 1.00. The van der Waals surface area contributed by atoms with Crippen molar-refractivity contribution >= 4 is 28.4 Å². The number of fused-ring (bicyclic) bond motifs is 1. The summed E-state index contributed by atoms with van der Waals surface area (Å²) in [4.78, 5) is 31.2. The van der Waals surface area contributed by atoms with Crippen LogP contribution in [0.25, 0.3) is 22.3 Å². The van der Waals surface area contributed by atoms with Crippen molar-refractivity contribution in [3.63, 3.8) is 0 Å². The first-order valence-corrected chi connectivity index (χ1v) is 14.3. The summed E-state index contributed by atoms with van der Waals surface area (Å²) in [6.07, 6.45) is 7.67. The van der Waals surface area contributed by atoms with E-state index in [1.54, 1.807) is 6.33 Å². The monoisotopic (exact) mass is 529 g/mol. The largest absolute Gasteiger partial charge is 0.385 e. The molecule has 5 heterocycles. The molecule has 6 rings (SSSR count). The fourth-order valence-corrected chi connectivity index (χ4v) is 6.24. The van der Waals surface area contributed by atoms with Crippen molar-refractivity contribution in [2.45, 2.75) is 31.7 Å². The Bertz CT molecular complexity index is 1270. The van der Waals surface area contributed by atoms with Gasteiger partial charge in [-0.2, -0.15) is 0 Å². The number of ether oxygens (including phenoxy) is 1. The number of amides is 1. The van der Waals surface area contributed by atoms with Crippen molar-refractivity contribution in [2.75, 3.05) is 69.2 Å². The summed E-state index contributed by atoms with van der Waals surface area (Å²) in [5.41, 5.74) is 4.22. The number of carbonyl (C=O) groups excluding carboxylic acids is 1. The van der Waals surface area contributed by atoms with Gasteiger partial charge in [0.25, 0.3) is 0 Å². The minimum absolute atomic E-state index is 0.0693. The molecular weight excluding hydrogens is 490 g/mol. The molecule has 1 aromatic carbocycles.